The van der Waals surface area contributed by atoms with Crippen molar-refractivity contribution in [3.63, 3.8) is 0 Å². The van der Waals surface area contributed by atoms with Crippen LogP contribution in [0.4, 0.5) is 10.1 Å². The van der Waals surface area contributed by atoms with E-state index in [1.165, 1.54) is 38.4 Å². The zero-order valence-electron chi connectivity index (χ0n) is 17.0. The molecule has 0 atom stereocenters. The number of nitrogen functional groups attached to an aromatic ring is 1. The summed E-state index contributed by atoms with van der Waals surface area (Å²) in [7, 11) is -0.766. The third-order valence-corrected chi connectivity index (χ3v) is 7.13. The molecule has 1 heterocycles. The highest BCUT2D eigenvalue weighted by molar-refractivity contribution is 7.99. The number of nitrogens with two attached hydrogens (primary N) is 1. The van der Waals surface area contributed by atoms with Crippen LogP contribution in [0.3, 0.4) is 0 Å². The van der Waals surface area contributed by atoms with Crippen molar-refractivity contribution in [1.29, 1.82) is 0 Å². The highest BCUT2D eigenvalue weighted by atomic mass is 32.2. The molecule has 0 unspecified atom stereocenters. The molecule has 2 aromatic carbocycles. The van der Waals surface area contributed by atoms with Crippen molar-refractivity contribution in [2.24, 2.45) is 0 Å². The number of thioether (sulfide) groups is 1. The van der Waals surface area contributed by atoms with E-state index < -0.39 is 15.8 Å². The predicted molar refractivity (Wildman–Crippen MR) is 117 cm³/mol. The first-order valence-electron chi connectivity index (χ1n) is 9.02. The third-order valence-electron chi connectivity index (χ3n) is 4.37. The van der Waals surface area contributed by atoms with Crippen molar-refractivity contribution in [3.05, 3.63) is 53.8 Å². The molecule has 0 bridgehead atoms. The second kappa shape index (κ2) is 9.04. The molecule has 0 aliphatic heterocycles. The Labute approximate surface area is 183 Å². The maximum atomic E-state index is 14.0. The summed E-state index contributed by atoms with van der Waals surface area (Å²) in [5.41, 5.74) is 1.29. The molecular weight excluding hydrogens is 443 g/mol. The number of hydrogen-bond donors (Lipinski definition) is 2. The van der Waals surface area contributed by atoms with Crippen LogP contribution in [-0.2, 0) is 14.8 Å². The molecule has 1 amide bonds. The van der Waals surface area contributed by atoms with E-state index in [1.807, 2.05) is 0 Å². The van der Waals surface area contributed by atoms with Gasteiger partial charge in [-0.3, -0.25) is 4.79 Å². The molecule has 0 spiro atoms. The second-order valence-corrected chi connectivity index (χ2v) is 9.85. The third kappa shape index (κ3) is 4.86. The molecule has 0 fully saturated rings. The van der Waals surface area contributed by atoms with E-state index in [2.05, 4.69) is 15.5 Å². The highest BCUT2D eigenvalue weighted by Crippen LogP contribution is 2.25. The lowest BCUT2D eigenvalue weighted by Gasteiger charge is -2.14. The molecule has 0 aliphatic rings. The quantitative estimate of drug-likeness (QED) is 0.405. The molecule has 3 rings (SSSR count). The van der Waals surface area contributed by atoms with Gasteiger partial charge in [0.1, 0.15) is 5.82 Å². The lowest BCUT2D eigenvalue weighted by atomic mass is 10.2. The van der Waals surface area contributed by atoms with E-state index in [1.54, 1.807) is 25.1 Å². The van der Waals surface area contributed by atoms with Crippen LogP contribution in [0.5, 0.6) is 0 Å². The lowest BCUT2D eigenvalue weighted by Crippen LogP contribution is -2.23. The number of aromatic nitrogens is 3. The van der Waals surface area contributed by atoms with E-state index in [0.29, 0.717) is 11.3 Å². The van der Waals surface area contributed by atoms with Crippen molar-refractivity contribution in [1.82, 2.24) is 19.2 Å². The van der Waals surface area contributed by atoms with Crippen molar-refractivity contribution < 1.29 is 17.6 Å². The Bertz CT molecular complexity index is 1230. The number of benzene rings is 2. The first-order chi connectivity index (χ1) is 14.6. The van der Waals surface area contributed by atoms with E-state index in [9.17, 15) is 17.6 Å². The molecule has 12 heteroatoms. The number of nitrogens with one attached hydrogen (secondary N) is 1. The van der Waals surface area contributed by atoms with Crippen LogP contribution in [0.1, 0.15) is 5.56 Å². The Morgan fingerprint density at radius 3 is 2.61 bits per heavy atom. The molecule has 0 radical (unpaired) electrons. The molecule has 0 saturated carbocycles. The van der Waals surface area contributed by atoms with Crippen LogP contribution in [0, 0.1) is 12.7 Å². The van der Waals surface area contributed by atoms with Crippen molar-refractivity contribution in [2.45, 2.75) is 17.0 Å². The van der Waals surface area contributed by atoms with Crippen LogP contribution >= 0.6 is 11.8 Å². The number of nitrogens with zero attached hydrogens (tertiary/aromatic N) is 4. The Hall–Kier alpha value is -2.96. The van der Waals surface area contributed by atoms with Crippen LogP contribution in [0.25, 0.3) is 11.4 Å². The van der Waals surface area contributed by atoms with Gasteiger partial charge in [-0.1, -0.05) is 30.0 Å². The zero-order chi connectivity index (χ0) is 22.8. The summed E-state index contributed by atoms with van der Waals surface area (Å²) < 4.78 is 40.8. The van der Waals surface area contributed by atoms with Gasteiger partial charge in [0.2, 0.25) is 21.1 Å². The minimum atomic E-state index is -3.63. The van der Waals surface area contributed by atoms with Crippen LogP contribution in [-0.4, -0.2) is 53.4 Å². The van der Waals surface area contributed by atoms with Crippen LogP contribution in [0.15, 0.2) is 52.5 Å². The van der Waals surface area contributed by atoms with Crippen LogP contribution in [0.2, 0.25) is 0 Å². The van der Waals surface area contributed by atoms with Gasteiger partial charge in [0.05, 0.1) is 16.2 Å². The maximum absolute atomic E-state index is 14.0. The number of carbonyl (C=O) groups is 1. The number of hydrogen-bond acceptors (Lipinski definition) is 7. The number of halogens is 1. The molecule has 9 nitrogen and oxygen atoms in total. The summed E-state index contributed by atoms with van der Waals surface area (Å²) >= 11 is 1.02. The average Bonchev–Trinajstić information content (AvgIpc) is 3.08. The van der Waals surface area contributed by atoms with Crippen molar-refractivity contribution >= 4 is 33.4 Å². The smallest absolute Gasteiger partial charge is 0.242 e. The first-order valence-corrected chi connectivity index (χ1v) is 11.4. The van der Waals surface area contributed by atoms with Gasteiger partial charge in [0, 0.05) is 19.8 Å². The molecule has 0 saturated heterocycles. The first kappa shape index (κ1) is 22.7. The molecule has 0 aliphatic carbocycles. The zero-order valence-corrected chi connectivity index (χ0v) is 18.7. The predicted octanol–water partition coefficient (Wildman–Crippen LogP) is 2.09. The van der Waals surface area contributed by atoms with E-state index >= 15 is 0 Å². The number of rotatable bonds is 7. The van der Waals surface area contributed by atoms with E-state index in [-0.39, 0.29) is 33.1 Å². The minimum absolute atomic E-state index is 0.0588. The SMILES string of the molecule is Cc1ccc(S(=O)(=O)N(C)C)cc1NC(=O)CSc1nnc(-c2ccccc2F)n1N. The summed E-state index contributed by atoms with van der Waals surface area (Å²) in [5, 5.41) is 10.7. The van der Waals surface area contributed by atoms with Gasteiger partial charge in [-0.2, -0.15) is 0 Å². The minimum Gasteiger partial charge on any atom is -0.335 e. The van der Waals surface area contributed by atoms with E-state index in [0.717, 1.165) is 20.7 Å². The maximum Gasteiger partial charge on any atom is 0.242 e. The molecule has 1 aromatic heterocycles. The fraction of sp³-hybridized carbons (Fsp3) is 0.211. The van der Waals surface area contributed by atoms with Crippen LogP contribution < -0.4 is 11.2 Å². The second-order valence-electron chi connectivity index (χ2n) is 6.76. The van der Waals surface area contributed by atoms with Gasteiger partial charge in [0.15, 0.2) is 5.82 Å². The highest BCUT2D eigenvalue weighted by Gasteiger charge is 2.20. The molecular formula is C19H21FN6O3S2. The summed E-state index contributed by atoms with van der Waals surface area (Å²) in [6.07, 6.45) is 0. The fourth-order valence-corrected chi connectivity index (χ4v) is 4.21. The number of aryl methyl sites for hydroxylation is 1. The number of carbonyl (C=O) groups excluding carboxylic acids is 1. The summed E-state index contributed by atoms with van der Waals surface area (Å²) in [6.45, 7) is 1.76. The summed E-state index contributed by atoms with van der Waals surface area (Å²) in [4.78, 5) is 12.5. The Morgan fingerprint density at radius 2 is 1.94 bits per heavy atom. The van der Waals surface area contributed by atoms with Gasteiger partial charge in [-0.25, -0.2) is 21.8 Å². The molecule has 3 N–H and O–H groups in total. The van der Waals surface area contributed by atoms with Gasteiger partial charge >= 0.3 is 0 Å². The molecule has 31 heavy (non-hydrogen) atoms. The van der Waals surface area contributed by atoms with E-state index in [4.69, 9.17) is 5.84 Å². The molecule has 164 valence electrons. The van der Waals surface area contributed by atoms with Crippen molar-refractivity contribution in [2.75, 3.05) is 31.0 Å². The topological polar surface area (TPSA) is 123 Å². The number of anilines is 1. The lowest BCUT2D eigenvalue weighted by molar-refractivity contribution is -0.113. The Morgan fingerprint density at radius 1 is 1.23 bits per heavy atom. The Balaban J connectivity index is 1.71. The normalized spacial score (nSPS) is 11.6. The summed E-state index contributed by atoms with van der Waals surface area (Å²) in [6, 6.07) is 10.5. The van der Waals surface area contributed by atoms with Crippen molar-refractivity contribution in [3.8, 4) is 11.4 Å². The fourth-order valence-electron chi connectivity index (χ4n) is 2.63. The number of amides is 1. The Kier molecular flexibility index (Phi) is 6.62. The standard InChI is InChI=1S/C19H21FN6O3S2/c1-12-8-9-13(31(28,29)25(2)3)10-16(12)22-17(27)11-30-19-24-23-18(26(19)21)14-6-4-5-7-15(14)20/h4-10H,11,21H2,1-3H3,(H,22,27). The molecule has 3 aromatic rings. The monoisotopic (exact) mass is 464 g/mol. The van der Waals surface area contributed by atoms with Gasteiger partial charge in [-0.15, -0.1) is 10.2 Å². The summed E-state index contributed by atoms with van der Waals surface area (Å²) in [5.74, 6) is 5.17. The van der Waals surface area contributed by atoms with Gasteiger partial charge in [-0.05, 0) is 36.8 Å². The van der Waals surface area contributed by atoms with Gasteiger partial charge < -0.3 is 11.2 Å². The van der Waals surface area contributed by atoms with Gasteiger partial charge in [0.25, 0.3) is 0 Å². The number of sulfonamides is 1. The largest absolute Gasteiger partial charge is 0.335 e. The average molecular weight is 465 g/mol.